The number of anilines is 1. The Morgan fingerprint density at radius 1 is 1.50 bits per heavy atom. The van der Waals surface area contributed by atoms with Crippen molar-refractivity contribution in [2.24, 2.45) is 5.73 Å². The van der Waals surface area contributed by atoms with E-state index in [0.29, 0.717) is 11.6 Å². The number of hydrogen-bond donors (Lipinski definition) is 2. The van der Waals surface area contributed by atoms with E-state index in [1.165, 1.54) is 0 Å². The monoisotopic (exact) mass is 213 g/mol. The van der Waals surface area contributed by atoms with Crippen LogP contribution in [0.15, 0.2) is 18.3 Å². The maximum absolute atomic E-state index is 5.73. The quantitative estimate of drug-likeness (QED) is 0.807. The SMILES string of the molecule is CC(C)(CCN)Nc1ccc(Cl)cn1. The highest BCUT2D eigenvalue weighted by Gasteiger charge is 2.16. The Morgan fingerprint density at radius 2 is 2.21 bits per heavy atom. The van der Waals surface area contributed by atoms with E-state index in [0.717, 1.165) is 12.2 Å². The van der Waals surface area contributed by atoms with Gasteiger partial charge in [-0.2, -0.15) is 0 Å². The maximum Gasteiger partial charge on any atom is 0.126 e. The van der Waals surface area contributed by atoms with E-state index < -0.39 is 0 Å². The fourth-order valence-electron chi connectivity index (χ4n) is 1.22. The molecule has 1 aromatic heterocycles. The fraction of sp³-hybridized carbons (Fsp3) is 0.500. The topological polar surface area (TPSA) is 50.9 Å². The minimum absolute atomic E-state index is 0.0322. The van der Waals surface area contributed by atoms with Crippen LogP contribution < -0.4 is 11.1 Å². The normalized spacial score (nSPS) is 11.4. The number of rotatable bonds is 4. The molecule has 0 spiro atoms. The van der Waals surface area contributed by atoms with Gasteiger partial charge in [0.05, 0.1) is 5.02 Å². The second kappa shape index (κ2) is 4.62. The molecule has 1 aromatic rings. The summed E-state index contributed by atoms with van der Waals surface area (Å²) < 4.78 is 0. The van der Waals surface area contributed by atoms with Gasteiger partial charge in [0.15, 0.2) is 0 Å². The van der Waals surface area contributed by atoms with Gasteiger partial charge in [0, 0.05) is 11.7 Å². The van der Waals surface area contributed by atoms with Crippen molar-refractivity contribution >= 4 is 17.4 Å². The molecule has 0 saturated carbocycles. The zero-order chi connectivity index (χ0) is 10.6. The van der Waals surface area contributed by atoms with E-state index in [4.69, 9.17) is 17.3 Å². The van der Waals surface area contributed by atoms with Crippen LogP contribution in [0.2, 0.25) is 5.02 Å². The lowest BCUT2D eigenvalue weighted by atomic mass is 10.0. The predicted molar refractivity (Wildman–Crippen MR) is 60.6 cm³/mol. The molecule has 3 N–H and O–H groups in total. The summed E-state index contributed by atoms with van der Waals surface area (Å²) in [6.45, 7) is 4.85. The lowest BCUT2D eigenvalue weighted by Crippen LogP contribution is -2.33. The standard InChI is InChI=1S/C10H16ClN3/c1-10(2,5-6-12)14-9-4-3-8(11)7-13-9/h3-4,7H,5-6,12H2,1-2H3,(H,13,14). The van der Waals surface area contributed by atoms with E-state index in [2.05, 4.69) is 24.1 Å². The molecule has 0 aliphatic carbocycles. The Kier molecular flexibility index (Phi) is 3.72. The number of pyridine rings is 1. The van der Waals surface area contributed by atoms with Crippen LogP contribution >= 0.6 is 11.6 Å². The lowest BCUT2D eigenvalue weighted by molar-refractivity contribution is 0.524. The van der Waals surface area contributed by atoms with Gasteiger partial charge in [0.2, 0.25) is 0 Å². The second-order valence-electron chi connectivity index (χ2n) is 3.91. The number of halogens is 1. The molecule has 0 radical (unpaired) electrons. The number of nitrogens with two attached hydrogens (primary N) is 1. The van der Waals surface area contributed by atoms with Crippen LogP contribution in [-0.2, 0) is 0 Å². The van der Waals surface area contributed by atoms with Gasteiger partial charge >= 0.3 is 0 Å². The Labute approximate surface area is 89.7 Å². The average molecular weight is 214 g/mol. The maximum atomic E-state index is 5.73. The minimum atomic E-state index is -0.0322. The number of hydrogen-bond acceptors (Lipinski definition) is 3. The lowest BCUT2D eigenvalue weighted by Gasteiger charge is -2.26. The second-order valence-corrected chi connectivity index (χ2v) is 4.35. The molecular weight excluding hydrogens is 198 g/mol. The number of aromatic nitrogens is 1. The zero-order valence-electron chi connectivity index (χ0n) is 8.55. The highest BCUT2D eigenvalue weighted by atomic mass is 35.5. The highest BCUT2D eigenvalue weighted by molar-refractivity contribution is 6.30. The molecule has 0 aromatic carbocycles. The third kappa shape index (κ3) is 3.52. The molecule has 0 aliphatic heterocycles. The summed E-state index contributed by atoms with van der Waals surface area (Å²) in [6.07, 6.45) is 2.53. The van der Waals surface area contributed by atoms with Gasteiger partial charge in [-0.15, -0.1) is 0 Å². The van der Waals surface area contributed by atoms with Crippen LogP contribution in [0.25, 0.3) is 0 Å². The Morgan fingerprint density at radius 3 is 2.71 bits per heavy atom. The summed E-state index contributed by atoms with van der Waals surface area (Å²) in [7, 11) is 0. The summed E-state index contributed by atoms with van der Waals surface area (Å²) in [5, 5.41) is 3.94. The molecule has 3 nitrogen and oxygen atoms in total. The number of nitrogens with zero attached hydrogens (tertiary/aromatic N) is 1. The molecule has 1 heterocycles. The molecular formula is C10H16ClN3. The Hall–Kier alpha value is -0.800. The van der Waals surface area contributed by atoms with Crippen molar-refractivity contribution in [2.45, 2.75) is 25.8 Å². The van der Waals surface area contributed by atoms with Crippen LogP contribution in [0.5, 0.6) is 0 Å². The molecule has 0 amide bonds. The van der Waals surface area contributed by atoms with Crippen molar-refractivity contribution in [2.75, 3.05) is 11.9 Å². The van der Waals surface area contributed by atoms with Gasteiger partial charge in [-0.1, -0.05) is 11.6 Å². The first kappa shape index (κ1) is 11.3. The summed E-state index contributed by atoms with van der Waals surface area (Å²) in [4.78, 5) is 4.16. The van der Waals surface area contributed by atoms with Crippen molar-refractivity contribution in [1.29, 1.82) is 0 Å². The zero-order valence-corrected chi connectivity index (χ0v) is 9.30. The van der Waals surface area contributed by atoms with Crippen molar-refractivity contribution in [1.82, 2.24) is 4.98 Å². The Balaban J connectivity index is 2.64. The fourth-order valence-corrected chi connectivity index (χ4v) is 1.33. The van der Waals surface area contributed by atoms with E-state index >= 15 is 0 Å². The van der Waals surface area contributed by atoms with Gasteiger partial charge < -0.3 is 11.1 Å². The van der Waals surface area contributed by atoms with Crippen LogP contribution in [0, 0.1) is 0 Å². The van der Waals surface area contributed by atoms with Gasteiger partial charge in [0.25, 0.3) is 0 Å². The molecule has 0 saturated heterocycles. The molecule has 0 fully saturated rings. The van der Waals surface area contributed by atoms with Gasteiger partial charge in [-0.3, -0.25) is 0 Å². The van der Waals surface area contributed by atoms with Crippen molar-refractivity contribution in [3.05, 3.63) is 23.4 Å². The molecule has 0 unspecified atom stereocenters. The molecule has 1 rings (SSSR count). The first-order valence-electron chi connectivity index (χ1n) is 4.63. The van der Waals surface area contributed by atoms with E-state index in [9.17, 15) is 0 Å². The van der Waals surface area contributed by atoms with E-state index in [1.54, 1.807) is 6.20 Å². The van der Waals surface area contributed by atoms with E-state index in [-0.39, 0.29) is 5.54 Å². The Bertz CT molecular complexity index is 282. The van der Waals surface area contributed by atoms with Gasteiger partial charge in [0.1, 0.15) is 5.82 Å². The molecule has 14 heavy (non-hydrogen) atoms. The number of nitrogens with one attached hydrogen (secondary N) is 1. The van der Waals surface area contributed by atoms with Crippen molar-refractivity contribution < 1.29 is 0 Å². The first-order chi connectivity index (χ1) is 6.53. The first-order valence-corrected chi connectivity index (χ1v) is 5.01. The summed E-state index contributed by atoms with van der Waals surface area (Å²) in [5.74, 6) is 0.827. The van der Waals surface area contributed by atoms with Crippen molar-refractivity contribution in [3.63, 3.8) is 0 Å². The smallest absolute Gasteiger partial charge is 0.126 e. The minimum Gasteiger partial charge on any atom is -0.365 e. The van der Waals surface area contributed by atoms with Crippen LogP contribution in [-0.4, -0.2) is 17.1 Å². The largest absolute Gasteiger partial charge is 0.365 e. The third-order valence-corrected chi connectivity index (χ3v) is 2.19. The highest BCUT2D eigenvalue weighted by Crippen LogP contribution is 2.16. The molecule has 0 atom stereocenters. The average Bonchev–Trinajstić information content (AvgIpc) is 2.08. The predicted octanol–water partition coefficient (Wildman–Crippen LogP) is 2.27. The molecule has 0 bridgehead atoms. The van der Waals surface area contributed by atoms with Crippen LogP contribution in [0.1, 0.15) is 20.3 Å². The van der Waals surface area contributed by atoms with Gasteiger partial charge in [-0.05, 0) is 38.9 Å². The molecule has 0 aliphatic rings. The summed E-state index contributed by atoms with van der Waals surface area (Å²) >= 11 is 5.73. The van der Waals surface area contributed by atoms with Gasteiger partial charge in [-0.25, -0.2) is 4.98 Å². The third-order valence-electron chi connectivity index (χ3n) is 1.96. The van der Waals surface area contributed by atoms with Crippen molar-refractivity contribution in [3.8, 4) is 0 Å². The summed E-state index contributed by atoms with van der Waals surface area (Å²) in [5.41, 5.74) is 5.48. The molecule has 78 valence electrons. The van der Waals surface area contributed by atoms with Crippen LogP contribution in [0.3, 0.4) is 0 Å². The molecule has 4 heteroatoms. The summed E-state index contributed by atoms with van der Waals surface area (Å²) in [6, 6.07) is 3.68. The van der Waals surface area contributed by atoms with Crippen LogP contribution in [0.4, 0.5) is 5.82 Å². The van der Waals surface area contributed by atoms with E-state index in [1.807, 2.05) is 12.1 Å².